The third kappa shape index (κ3) is 2.23. The summed E-state index contributed by atoms with van der Waals surface area (Å²) in [5.41, 5.74) is 0. The molecule has 0 amide bonds. The van der Waals surface area contributed by atoms with E-state index in [2.05, 4.69) is 5.10 Å². The number of nitrogens with zero attached hydrogens (tertiary/aromatic N) is 2. The van der Waals surface area contributed by atoms with Crippen LogP contribution in [0.25, 0.3) is 0 Å². The highest BCUT2D eigenvalue weighted by molar-refractivity contribution is 6.29. The van der Waals surface area contributed by atoms with E-state index in [1.807, 2.05) is 0 Å². The van der Waals surface area contributed by atoms with Gasteiger partial charge in [-0.15, -0.1) is 0 Å². The van der Waals surface area contributed by atoms with E-state index in [1.165, 1.54) is 10.9 Å². The average molecular weight is 189 g/mol. The van der Waals surface area contributed by atoms with Gasteiger partial charge in [-0.2, -0.15) is 5.10 Å². The van der Waals surface area contributed by atoms with Crippen molar-refractivity contribution in [2.24, 2.45) is 0 Å². The van der Waals surface area contributed by atoms with Gasteiger partial charge in [0.25, 0.3) is 0 Å². The number of hydrogen-bond acceptors (Lipinski definition) is 3. The Morgan fingerprint density at radius 2 is 2.58 bits per heavy atom. The van der Waals surface area contributed by atoms with Crippen molar-refractivity contribution in [1.29, 1.82) is 0 Å². The van der Waals surface area contributed by atoms with Crippen LogP contribution >= 0.6 is 11.6 Å². The zero-order chi connectivity index (χ0) is 8.97. The molecule has 0 aliphatic carbocycles. The summed E-state index contributed by atoms with van der Waals surface area (Å²) in [5.74, 6) is -0.330. The van der Waals surface area contributed by atoms with Crippen LogP contribution in [0.2, 0.25) is 5.15 Å². The molecule has 0 aromatic carbocycles. The Hall–Kier alpha value is -1.03. The molecule has 1 rings (SSSR count). The number of rotatable bonds is 3. The lowest BCUT2D eigenvalue weighted by Gasteiger charge is -2.02. The number of halogens is 1. The molecule has 0 saturated carbocycles. The van der Waals surface area contributed by atoms with Crippen LogP contribution in [0.4, 0.5) is 0 Å². The molecule has 0 spiro atoms. The van der Waals surface area contributed by atoms with E-state index in [0.29, 0.717) is 11.8 Å². The molecule has 0 aliphatic rings. The lowest BCUT2D eigenvalue weighted by Crippen LogP contribution is -2.14. The van der Waals surface area contributed by atoms with Crippen LogP contribution in [0.15, 0.2) is 12.3 Å². The highest BCUT2D eigenvalue weighted by Crippen LogP contribution is 2.05. The van der Waals surface area contributed by atoms with Crippen molar-refractivity contribution >= 4 is 17.6 Å². The summed E-state index contributed by atoms with van der Waals surface area (Å²) in [7, 11) is 0. The van der Waals surface area contributed by atoms with Gasteiger partial charge in [0, 0.05) is 0 Å². The number of carbonyl (C=O) groups is 1. The van der Waals surface area contributed by atoms with Crippen LogP contribution in [0.5, 0.6) is 0 Å². The lowest BCUT2D eigenvalue weighted by molar-refractivity contribution is -0.144. The fourth-order valence-corrected chi connectivity index (χ4v) is 0.922. The van der Waals surface area contributed by atoms with Crippen molar-refractivity contribution in [2.45, 2.75) is 13.5 Å². The number of carbonyl (C=O) groups excluding carboxylic acids is 1. The molecule has 0 fully saturated rings. The number of hydrogen-bond donors (Lipinski definition) is 0. The summed E-state index contributed by atoms with van der Waals surface area (Å²) in [6.45, 7) is 2.19. The summed E-state index contributed by atoms with van der Waals surface area (Å²) >= 11 is 5.68. The van der Waals surface area contributed by atoms with Gasteiger partial charge in [0.1, 0.15) is 11.7 Å². The van der Waals surface area contributed by atoms with Crippen LogP contribution in [0, 0.1) is 0 Å². The predicted octanol–water partition coefficient (Wildman–Crippen LogP) is 1.10. The van der Waals surface area contributed by atoms with Crippen LogP contribution in [0.1, 0.15) is 6.92 Å². The topological polar surface area (TPSA) is 44.1 Å². The van der Waals surface area contributed by atoms with Crippen molar-refractivity contribution in [3.05, 3.63) is 17.4 Å². The average Bonchev–Trinajstić information content (AvgIpc) is 2.37. The fraction of sp³-hybridized carbons (Fsp3) is 0.429. The molecule has 0 aliphatic heterocycles. The van der Waals surface area contributed by atoms with E-state index < -0.39 is 0 Å². The number of esters is 1. The summed E-state index contributed by atoms with van der Waals surface area (Å²) in [6.07, 6.45) is 1.53. The zero-order valence-corrected chi connectivity index (χ0v) is 7.41. The predicted molar refractivity (Wildman–Crippen MR) is 43.9 cm³/mol. The van der Waals surface area contributed by atoms with E-state index in [4.69, 9.17) is 16.3 Å². The van der Waals surface area contributed by atoms with Gasteiger partial charge >= 0.3 is 5.97 Å². The van der Waals surface area contributed by atoms with Crippen LogP contribution < -0.4 is 0 Å². The first-order valence-electron chi connectivity index (χ1n) is 3.57. The smallest absolute Gasteiger partial charge is 0.327 e. The first-order chi connectivity index (χ1) is 5.74. The fourth-order valence-electron chi connectivity index (χ4n) is 0.762. The molecule has 0 N–H and O–H groups in total. The van der Waals surface area contributed by atoms with E-state index in [-0.39, 0.29) is 12.5 Å². The van der Waals surface area contributed by atoms with E-state index in [9.17, 15) is 4.79 Å². The Balaban J connectivity index is 2.52. The van der Waals surface area contributed by atoms with E-state index >= 15 is 0 Å². The normalized spacial score (nSPS) is 9.83. The first kappa shape index (κ1) is 9.06. The van der Waals surface area contributed by atoms with Gasteiger partial charge in [-0.25, -0.2) is 4.68 Å². The van der Waals surface area contributed by atoms with Crippen molar-refractivity contribution in [3.63, 3.8) is 0 Å². The van der Waals surface area contributed by atoms with Crippen molar-refractivity contribution in [3.8, 4) is 0 Å². The standard InChI is InChI=1S/C7H9ClN2O2/c1-2-12-7(11)5-10-6(8)3-4-9-10/h3-4H,2,5H2,1H3. The molecule has 0 bridgehead atoms. The number of aromatic nitrogens is 2. The van der Waals surface area contributed by atoms with Crippen LogP contribution in [0.3, 0.4) is 0 Å². The Bertz CT molecular complexity index is 272. The molecule has 0 radical (unpaired) electrons. The minimum absolute atomic E-state index is 0.0691. The second-order valence-corrected chi connectivity index (χ2v) is 2.50. The highest BCUT2D eigenvalue weighted by atomic mass is 35.5. The van der Waals surface area contributed by atoms with E-state index in [1.54, 1.807) is 13.0 Å². The molecule has 1 heterocycles. The van der Waals surface area contributed by atoms with Gasteiger partial charge in [0.2, 0.25) is 0 Å². The zero-order valence-electron chi connectivity index (χ0n) is 6.66. The van der Waals surface area contributed by atoms with Crippen LogP contribution in [-0.2, 0) is 16.1 Å². The van der Waals surface area contributed by atoms with Crippen molar-refractivity contribution in [2.75, 3.05) is 6.61 Å². The summed E-state index contributed by atoms with van der Waals surface area (Å²) in [4.78, 5) is 10.9. The molecular weight excluding hydrogens is 180 g/mol. The molecule has 1 aromatic rings. The minimum atomic E-state index is -0.330. The van der Waals surface area contributed by atoms with Gasteiger partial charge in [-0.1, -0.05) is 11.6 Å². The minimum Gasteiger partial charge on any atom is -0.465 e. The van der Waals surface area contributed by atoms with Gasteiger partial charge < -0.3 is 4.74 Å². The molecule has 66 valence electrons. The third-order valence-corrected chi connectivity index (χ3v) is 1.57. The Morgan fingerprint density at radius 1 is 1.83 bits per heavy atom. The molecule has 5 heteroatoms. The molecule has 1 aromatic heterocycles. The summed E-state index contributed by atoms with van der Waals surface area (Å²) in [5, 5.41) is 4.26. The quantitative estimate of drug-likeness (QED) is 0.668. The molecule has 12 heavy (non-hydrogen) atoms. The maximum Gasteiger partial charge on any atom is 0.327 e. The molecular formula is C7H9ClN2O2. The second-order valence-electron chi connectivity index (χ2n) is 2.12. The lowest BCUT2D eigenvalue weighted by atomic mass is 10.6. The maximum atomic E-state index is 10.9. The number of ether oxygens (including phenoxy) is 1. The molecule has 4 nitrogen and oxygen atoms in total. The van der Waals surface area contributed by atoms with E-state index in [0.717, 1.165) is 0 Å². The van der Waals surface area contributed by atoms with Gasteiger partial charge in [0.05, 0.1) is 12.8 Å². The van der Waals surface area contributed by atoms with Crippen molar-refractivity contribution in [1.82, 2.24) is 9.78 Å². The van der Waals surface area contributed by atoms with Gasteiger partial charge in [-0.3, -0.25) is 4.79 Å². The molecule has 0 unspecified atom stereocenters. The molecule has 0 atom stereocenters. The van der Waals surface area contributed by atoms with Crippen LogP contribution in [-0.4, -0.2) is 22.4 Å². The summed E-state index contributed by atoms with van der Waals surface area (Å²) in [6, 6.07) is 1.61. The maximum absolute atomic E-state index is 10.9. The highest BCUT2D eigenvalue weighted by Gasteiger charge is 2.05. The SMILES string of the molecule is CCOC(=O)Cn1nccc1Cl. The third-order valence-electron chi connectivity index (χ3n) is 1.25. The van der Waals surface area contributed by atoms with Gasteiger partial charge in [0.15, 0.2) is 0 Å². The second kappa shape index (κ2) is 4.11. The largest absolute Gasteiger partial charge is 0.465 e. The monoisotopic (exact) mass is 188 g/mol. The first-order valence-corrected chi connectivity index (χ1v) is 3.94. The van der Waals surface area contributed by atoms with Crippen molar-refractivity contribution < 1.29 is 9.53 Å². The molecule has 0 saturated heterocycles. The Kier molecular flexibility index (Phi) is 3.10. The van der Waals surface area contributed by atoms with Gasteiger partial charge in [-0.05, 0) is 13.0 Å². The summed E-state index contributed by atoms with van der Waals surface area (Å²) < 4.78 is 6.09. The Labute approximate surface area is 75.1 Å². The Morgan fingerprint density at radius 3 is 3.08 bits per heavy atom.